The Morgan fingerprint density at radius 1 is 1.20 bits per heavy atom. The smallest absolute Gasteiger partial charge is 0.270 e. The molecule has 7 heteroatoms. The fourth-order valence-corrected chi connectivity index (χ4v) is 4.03. The van der Waals surface area contributed by atoms with E-state index in [9.17, 15) is 9.18 Å². The summed E-state index contributed by atoms with van der Waals surface area (Å²) >= 11 is 2.96. The van der Waals surface area contributed by atoms with Gasteiger partial charge in [-0.05, 0) is 44.5 Å². The molecule has 4 nitrogen and oxygen atoms in total. The number of amides is 1. The van der Waals surface area contributed by atoms with Gasteiger partial charge in [-0.1, -0.05) is 6.92 Å². The van der Waals surface area contributed by atoms with E-state index >= 15 is 0 Å². The quantitative estimate of drug-likeness (QED) is 0.646. The fraction of sp³-hybridized carbons (Fsp3) is 0.278. The molecule has 25 heavy (non-hydrogen) atoms. The van der Waals surface area contributed by atoms with Crippen molar-refractivity contribution in [2.45, 2.75) is 33.7 Å². The van der Waals surface area contributed by atoms with Gasteiger partial charge in [0.1, 0.15) is 10.7 Å². The summed E-state index contributed by atoms with van der Waals surface area (Å²) in [5.74, 6) is -0.463. The van der Waals surface area contributed by atoms with Gasteiger partial charge in [-0.25, -0.2) is 14.4 Å². The fourth-order valence-electron chi connectivity index (χ4n) is 2.47. The van der Waals surface area contributed by atoms with Gasteiger partial charge >= 0.3 is 0 Å². The van der Waals surface area contributed by atoms with Gasteiger partial charge in [0.15, 0.2) is 0 Å². The second-order valence-corrected chi connectivity index (χ2v) is 7.75. The van der Waals surface area contributed by atoms with E-state index in [1.165, 1.54) is 23.5 Å². The summed E-state index contributed by atoms with van der Waals surface area (Å²) < 4.78 is 13.3. The van der Waals surface area contributed by atoms with Gasteiger partial charge in [-0.3, -0.25) is 4.79 Å². The number of hydrogen-bond donors (Lipinski definition) is 0. The van der Waals surface area contributed by atoms with Gasteiger partial charge in [0.05, 0.1) is 27.9 Å². The monoisotopic (exact) mass is 375 g/mol. The SMILES string of the molecule is CCc1nc(C)c(C(=O)N(Cc2csc(C)n2)c2ccc(F)cc2)s1. The third kappa shape index (κ3) is 3.93. The zero-order chi connectivity index (χ0) is 18.0. The summed E-state index contributed by atoms with van der Waals surface area (Å²) in [7, 11) is 0. The van der Waals surface area contributed by atoms with Crippen LogP contribution in [0.2, 0.25) is 0 Å². The van der Waals surface area contributed by atoms with Crippen LogP contribution >= 0.6 is 22.7 Å². The lowest BCUT2D eigenvalue weighted by Gasteiger charge is -2.21. The highest BCUT2D eigenvalue weighted by molar-refractivity contribution is 7.14. The molecule has 0 radical (unpaired) electrons. The van der Waals surface area contributed by atoms with Gasteiger partial charge in [0, 0.05) is 11.1 Å². The Morgan fingerprint density at radius 3 is 2.48 bits per heavy atom. The zero-order valence-electron chi connectivity index (χ0n) is 14.2. The Balaban J connectivity index is 1.98. The molecule has 0 aliphatic heterocycles. The van der Waals surface area contributed by atoms with Crippen LogP contribution in [0.1, 0.15) is 38.0 Å². The highest BCUT2D eigenvalue weighted by Crippen LogP contribution is 2.26. The van der Waals surface area contributed by atoms with E-state index in [4.69, 9.17) is 0 Å². The topological polar surface area (TPSA) is 46.1 Å². The number of carbonyl (C=O) groups excluding carboxylic acids is 1. The predicted octanol–water partition coefficient (Wildman–Crippen LogP) is 4.76. The van der Waals surface area contributed by atoms with Crippen molar-refractivity contribution in [2.24, 2.45) is 0 Å². The van der Waals surface area contributed by atoms with Crippen LogP contribution in [-0.4, -0.2) is 15.9 Å². The number of rotatable bonds is 5. The van der Waals surface area contributed by atoms with Crippen LogP contribution in [0.4, 0.5) is 10.1 Å². The van der Waals surface area contributed by atoms with Crippen molar-refractivity contribution in [3.63, 3.8) is 0 Å². The molecule has 130 valence electrons. The lowest BCUT2D eigenvalue weighted by atomic mass is 10.2. The molecule has 1 aromatic carbocycles. The Kier molecular flexibility index (Phi) is 5.24. The largest absolute Gasteiger partial charge is 0.302 e. The van der Waals surface area contributed by atoms with E-state index in [-0.39, 0.29) is 11.7 Å². The molecule has 3 aromatic rings. The average molecular weight is 375 g/mol. The molecular weight excluding hydrogens is 357 g/mol. The average Bonchev–Trinajstić information content (AvgIpc) is 3.18. The number of aryl methyl sites for hydroxylation is 3. The number of hydrogen-bond acceptors (Lipinski definition) is 5. The summed E-state index contributed by atoms with van der Waals surface area (Å²) in [5, 5.41) is 3.82. The van der Waals surface area contributed by atoms with Crippen molar-refractivity contribution >= 4 is 34.3 Å². The molecule has 0 bridgehead atoms. The van der Waals surface area contributed by atoms with E-state index in [0.717, 1.165) is 27.8 Å². The first-order chi connectivity index (χ1) is 12.0. The molecule has 0 atom stereocenters. The van der Waals surface area contributed by atoms with E-state index in [1.807, 2.05) is 26.2 Å². The molecule has 0 fully saturated rings. The first-order valence-corrected chi connectivity index (χ1v) is 9.62. The van der Waals surface area contributed by atoms with Gasteiger partial charge in [-0.15, -0.1) is 22.7 Å². The number of aromatic nitrogens is 2. The normalized spacial score (nSPS) is 10.9. The number of anilines is 1. The minimum atomic E-state index is -0.331. The highest BCUT2D eigenvalue weighted by atomic mass is 32.1. The molecule has 0 unspecified atom stereocenters. The number of thiazole rings is 2. The number of halogens is 1. The van der Waals surface area contributed by atoms with E-state index in [1.54, 1.807) is 28.4 Å². The Labute approximate surface area is 154 Å². The Bertz CT molecular complexity index is 886. The van der Waals surface area contributed by atoms with Crippen LogP contribution in [-0.2, 0) is 13.0 Å². The molecule has 2 aromatic heterocycles. The zero-order valence-corrected chi connectivity index (χ0v) is 15.9. The second kappa shape index (κ2) is 7.41. The van der Waals surface area contributed by atoms with Crippen LogP contribution in [0.3, 0.4) is 0 Å². The Hall–Kier alpha value is -2.12. The molecule has 0 saturated heterocycles. The van der Waals surface area contributed by atoms with E-state index in [0.29, 0.717) is 17.1 Å². The van der Waals surface area contributed by atoms with Crippen LogP contribution in [0, 0.1) is 19.7 Å². The highest BCUT2D eigenvalue weighted by Gasteiger charge is 2.23. The molecule has 1 amide bonds. The molecule has 2 heterocycles. The summed E-state index contributed by atoms with van der Waals surface area (Å²) in [6, 6.07) is 5.95. The van der Waals surface area contributed by atoms with Crippen molar-refractivity contribution in [1.29, 1.82) is 0 Å². The minimum absolute atomic E-state index is 0.132. The summed E-state index contributed by atoms with van der Waals surface area (Å²) in [6.45, 7) is 6.13. The van der Waals surface area contributed by atoms with Gasteiger partial charge < -0.3 is 4.90 Å². The Morgan fingerprint density at radius 2 is 1.92 bits per heavy atom. The van der Waals surface area contributed by atoms with E-state index < -0.39 is 0 Å². The van der Waals surface area contributed by atoms with Gasteiger partial charge in [0.2, 0.25) is 0 Å². The van der Waals surface area contributed by atoms with Gasteiger partial charge in [-0.2, -0.15) is 0 Å². The lowest BCUT2D eigenvalue weighted by Crippen LogP contribution is -2.30. The molecular formula is C18H18FN3OS2. The summed E-state index contributed by atoms with van der Waals surface area (Å²) in [5.41, 5.74) is 2.19. The van der Waals surface area contributed by atoms with Crippen LogP contribution < -0.4 is 4.90 Å². The second-order valence-electron chi connectivity index (χ2n) is 5.60. The number of carbonyl (C=O) groups is 1. The first kappa shape index (κ1) is 17.7. The number of benzene rings is 1. The van der Waals surface area contributed by atoms with Crippen molar-refractivity contribution in [3.05, 3.63) is 61.7 Å². The van der Waals surface area contributed by atoms with Crippen molar-refractivity contribution in [1.82, 2.24) is 9.97 Å². The molecule has 0 aliphatic rings. The van der Waals surface area contributed by atoms with Crippen molar-refractivity contribution in [3.8, 4) is 0 Å². The molecule has 0 aliphatic carbocycles. The first-order valence-electron chi connectivity index (χ1n) is 7.92. The molecule has 0 N–H and O–H groups in total. The standard InChI is InChI=1S/C18H18FN3OS2/c1-4-16-20-11(2)17(25-16)18(23)22(9-14-10-24-12(3)21-14)15-7-5-13(19)6-8-15/h5-8,10H,4,9H2,1-3H3. The van der Waals surface area contributed by atoms with Crippen molar-refractivity contribution in [2.75, 3.05) is 4.90 Å². The predicted molar refractivity (Wildman–Crippen MR) is 100.0 cm³/mol. The third-order valence-corrected chi connectivity index (χ3v) is 5.82. The third-order valence-electron chi connectivity index (χ3n) is 3.71. The van der Waals surface area contributed by atoms with Crippen LogP contribution in [0.25, 0.3) is 0 Å². The maximum absolute atomic E-state index is 13.3. The molecule has 3 rings (SSSR count). The molecule has 0 spiro atoms. The lowest BCUT2D eigenvalue weighted by molar-refractivity contribution is 0.0988. The molecule has 0 saturated carbocycles. The van der Waals surface area contributed by atoms with Crippen LogP contribution in [0.15, 0.2) is 29.6 Å². The van der Waals surface area contributed by atoms with Crippen LogP contribution in [0.5, 0.6) is 0 Å². The van der Waals surface area contributed by atoms with E-state index in [2.05, 4.69) is 9.97 Å². The van der Waals surface area contributed by atoms with Gasteiger partial charge in [0.25, 0.3) is 5.91 Å². The number of nitrogens with zero attached hydrogens (tertiary/aromatic N) is 3. The van der Waals surface area contributed by atoms with Crippen molar-refractivity contribution < 1.29 is 9.18 Å². The summed E-state index contributed by atoms with van der Waals surface area (Å²) in [4.78, 5) is 24.3. The summed E-state index contributed by atoms with van der Waals surface area (Å²) in [6.07, 6.45) is 0.792. The maximum Gasteiger partial charge on any atom is 0.270 e. The minimum Gasteiger partial charge on any atom is -0.302 e. The maximum atomic E-state index is 13.3.